The van der Waals surface area contributed by atoms with Crippen LogP contribution in [-0.4, -0.2) is 28.4 Å². The number of furan rings is 1. The molecular weight excluding hydrogens is 397 g/mol. The van der Waals surface area contributed by atoms with Crippen LogP contribution in [0.3, 0.4) is 0 Å². The van der Waals surface area contributed by atoms with Gasteiger partial charge in [0.15, 0.2) is 0 Å². The zero-order valence-corrected chi connectivity index (χ0v) is 16.1. The number of thioether (sulfide) groups is 1. The second-order valence-electron chi connectivity index (χ2n) is 5.39. The highest BCUT2D eigenvalue weighted by molar-refractivity contribution is 7.99. The maximum Gasteiger partial charge on any atom is 0.277 e. The number of nitrogens with one attached hydrogen (secondary N) is 1. The Kier molecular flexibility index (Phi) is 6.24. The molecule has 0 fully saturated rings. The van der Waals surface area contributed by atoms with Crippen molar-refractivity contribution in [3.8, 4) is 11.5 Å². The minimum Gasteiger partial charge on any atom is -0.469 e. The van der Waals surface area contributed by atoms with E-state index in [0.717, 1.165) is 11.1 Å². The fourth-order valence-corrected chi connectivity index (χ4v) is 3.32. The molecule has 3 rings (SSSR count). The number of halogens is 2. The Morgan fingerprint density at radius 1 is 1.27 bits per heavy atom. The fraction of sp³-hybridized carbons (Fsp3) is 0.235. The van der Waals surface area contributed by atoms with Gasteiger partial charge in [-0.1, -0.05) is 41.0 Å². The highest BCUT2D eigenvalue weighted by atomic mass is 35.5. The van der Waals surface area contributed by atoms with Gasteiger partial charge in [0.1, 0.15) is 5.76 Å². The van der Waals surface area contributed by atoms with E-state index in [-0.39, 0.29) is 11.7 Å². The number of rotatable bonds is 7. The second-order valence-corrected chi connectivity index (χ2v) is 7.16. The summed E-state index contributed by atoms with van der Waals surface area (Å²) in [5.74, 6) is 1.13. The van der Waals surface area contributed by atoms with E-state index in [2.05, 4.69) is 15.5 Å². The van der Waals surface area contributed by atoms with Gasteiger partial charge in [0.05, 0.1) is 17.6 Å². The van der Waals surface area contributed by atoms with Crippen molar-refractivity contribution >= 4 is 40.9 Å². The predicted molar refractivity (Wildman–Crippen MR) is 101 cm³/mol. The molecule has 2 heterocycles. The molecule has 26 heavy (non-hydrogen) atoms. The van der Waals surface area contributed by atoms with Gasteiger partial charge in [0.2, 0.25) is 5.91 Å². The summed E-state index contributed by atoms with van der Waals surface area (Å²) in [5, 5.41) is 12.2. The van der Waals surface area contributed by atoms with Crippen molar-refractivity contribution in [1.82, 2.24) is 15.5 Å². The zero-order valence-electron chi connectivity index (χ0n) is 13.8. The summed E-state index contributed by atoms with van der Waals surface area (Å²) in [7, 11) is 0. The quantitative estimate of drug-likeness (QED) is 0.580. The first-order valence-corrected chi connectivity index (χ1v) is 9.48. The van der Waals surface area contributed by atoms with Crippen LogP contribution in [0.5, 0.6) is 0 Å². The number of hydrogen-bond acceptors (Lipinski definition) is 6. The lowest BCUT2D eigenvalue weighted by atomic mass is 10.1. The van der Waals surface area contributed by atoms with Crippen molar-refractivity contribution in [2.45, 2.75) is 18.6 Å². The summed E-state index contributed by atoms with van der Waals surface area (Å²) in [6.07, 6.45) is 2.18. The molecule has 0 aliphatic heterocycles. The molecule has 0 aliphatic carbocycles. The van der Waals surface area contributed by atoms with E-state index in [1.54, 1.807) is 24.5 Å². The van der Waals surface area contributed by atoms with E-state index in [1.807, 2.05) is 13.0 Å². The van der Waals surface area contributed by atoms with Crippen molar-refractivity contribution in [3.63, 3.8) is 0 Å². The van der Waals surface area contributed by atoms with Gasteiger partial charge < -0.3 is 14.2 Å². The normalized spacial score (nSPS) is 10.9. The zero-order chi connectivity index (χ0) is 18.5. The minimum absolute atomic E-state index is 0.126. The molecule has 136 valence electrons. The Balaban J connectivity index is 1.44. The molecule has 0 saturated carbocycles. The number of carbonyl (C=O) groups is 1. The number of carbonyl (C=O) groups excluding carboxylic acids is 1. The van der Waals surface area contributed by atoms with Gasteiger partial charge in [-0.3, -0.25) is 4.79 Å². The summed E-state index contributed by atoms with van der Waals surface area (Å²) in [4.78, 5) is 11.9. The predicted octanol–water partition coefficient (Wildman–Crippen LogP) is 4.40. The van der Waals surface area contributed by atoms with Crippen LogP contribution in [0.15, 0.2) is 44.6 Å². The smallest absolute Gasteiger partial charge is 0.277 e. The van der Waals surface area contributed by atoms with Gasteiger partial charge in [0.25, 0.3) is 11.1 Å². The SMILES string of the molecule is Cc1occc1-c1nnc(SCC(=O)NCCc2ccc(Cl)cc2Cl)o1. The third-order valence-corrected chi connectivity index (χ3v) is 4.96. The van der Waals surface area contributed by atoms with Crippen molar-refractivity contribution < 1.29 is 13.6 Å². The topological polar surface area (TPSA) is 81.2 Å². The van der Waals surface area contributed by atoms with Crippen molar-refractivity contribution in [2.75, 3.05) is 12.3 Å². The van der Waals surface area contributed by atoms with Crippen LogP contribution in [0.2, 0.25) is 10.0 Å². The summed E-state index contributed by atoms with van der Waals surface area (Å²) in [6.45, 7) is 2.29. The Labute approximate surface area is 164 Å². The lowest BCUT2D eigenvalue weighted by Crippen LogP contribution is -2.27. The molecule has 1 aromatic carbocycles. The highest BCUT2D eigenvalue weighted by Crippen LogP contribution is 2.26. The molecule has 3 aromatic rings. The monoisotopic (exact) mass is 411 g/mol. The van der Waals surface area contributed by atoms with Crippen LogP contribution in [0.1, 0.15) is 11.3 Å². The van der Waals surface area contributed by atoms with Crippen LogP contribution < -0.4 is 5.32 Å². The molecule has 0 aliphatic rings. The third-order valence-electron chi connectivity index (χ3n) is 3.55. The molecule has 1 amide bonds. The van der Waals surface area contributed by atoms with Crippen LogP contribution in [0.25, 0.3) is 11.5 Å². The van der Waals surface area contributed by atoms with E-state index in [9.17, 15) is 4.79 Å². The summed E-state index contributed by atoms with van der Waals surface area (Å²) >= 11 is 13.1. The number of nitrogens with zero attached hydrogens (tertiary/aromatic N) is 2. The molecular formula is C17H15Cl2N3O3S. The van der Waals surface area contributed by atoms with Crippen molar-refractivity contribution in [1.29, 1.82) is 0 Å². The van der Waals surface area contributed by atoms with E-state index >= 15 is 0 Å². The van der Waals surface area contributed by atoms with Crippen LogP contribution in [0.4, 0.5) is 0 Å². The Morgan fingerprint density at radius 2 is 2.12 bits per heavy atom. The summed E-state index contributed by atoms with van der Waals surface area (Å²) < 4.78 is 10.7. The van der Waals surface area contributed by atoms with Gasteiger partial charge in [-0.05, 0) is 37.1 Å². The number of benzene rings is 1. The third kappa shape index (κ3) is 4.81. The number of amides is 1. The molecule has 9 heteroatoms. The van der Waals surface area contributed by atoms with Gasteiger partial charge in [-0.15, -0.1) is 10.2 Å². The second kappa shape index (κ2) is 8.62. The molecule has 1 N–H and O–H groups in total. The van der Waals surface area contributed by atoms with E-state index in [0.29, 0.717) is 39.9 Å². The average Bonchev–Trinajstić information content (AvgIpc) is 3.23. The number of aromatic nitrogens is 2. The Bertz CT molecular complexity index is 910. The van der Waals surface area contributed by atoms with E-state index in [4.69, 9.17) is 32.0 Å². The fourth-order valence-electron chi connectivity index (χ4n) is 2.22. The molecule has 0 saturated heterocycles. The maximum atomic E-state index is 11.9. The van der Waals surface area contributed by atoms with Crippen LogP contribution in [0, 0.1) is 6.92 Å². The summed E-state index contributed by atoms with van der Waals surface area (Å²) in [6, 6.07) is 7.07. The Hall–Kier alpha value is -1.96. The molecule has 0 bridgehead atoms. The standard InChI is InChI=1S/C17H15Cl2N3O3S/c1-10-13(5-7-24-10)16-21-22-17(25-16)26-9-15(23)20-6-4-11-2-3-12(18)8-14(11)19/h2-3,5,7-8H,4,6,9H2,1H3,(H,20,23). The first-order chi connectivity index (χ1) is 12.5. The molecule has 0 unspecified atom stereocenters. The first-order valence-electron chi connectivity index (χ1n) is 7.74. The number of hydrogen-bond donors (Lipinski definition) is 1. The lowest BCUT2D eigenvalue weighted by molar-refractivity contribution is -0.118. The lowest BCUT2D eigenvalue weighted by Gasteiger charge is -2.06. The van der Waals surface area contributed by atoms with E-state index in [1.165, 1.54) is 11.8 Å². The van der Waals surface area contributed by atoms with E-state index < -0.39 is 0 Å². The molecule has 0 radical (unpaired) electrons. The largest absolute Gasteiger partial charge is 0.469 e. The van der Waals surface area contributed by atoms with Crippen molar-refractivity contribution in [2.24, 2.45) is 0 Å². The van der Waals surface area contributed by atoms with Crippen LogP contribution in [-0.2, 0) is 11.2 Å². The molecule has 0 spiro atoms. The highest BCUT2D eigenvalue weighted by Gasteiger charge is 2.14. The molecule has 2 aromatic heterocycles. The Morgan fingerprint density at radius 3 is 2.85 bits per heavy atom. The van der Waals surface area contributed by atoms with Crippen LogP contribution >= 0.6 is 35.0 Å². The van der Waals surface area contributed by atoms with Gasteiger partial charge in [-0.25, -0.2) is 0 Å². The van der Waals surface area contributed by atoms with Gasteiger partial charge in [-0.2, -0.15) is 0 Å². The minimum atomic E-state index is -0.126. The maximum absolute atomic E-state index is 11.9. The first kappa shape index (κ1) is 18.8. The van der Waals surface area contributed by atoms with Gasteiger partial charge >= 0.3 is 0 Å². The van der Waals surface area contributed by atoms with Crippen molar-refractivity contribution in [3.05, 3.63) is 51.9 Å². The molecule has 6 nitrogen and oxygen atoms in total. The van der Waals surface area contributed by atoms with Gasteiger partial charge in [0, 0.05) is 16.6 Å². The molecule has 0 atom stereocenters. The average molecular weight is 412 g/mol. The number of aryl methyl sites for hydroxylation is 1. The summed E-state index contributed by atoms with van der Waals surface area (Å²) in [5.41, 5.74) is 1.68.